The van der Waals surface area contributed by atoms with Gasteiger partial charge in [-0.05, 0) is 49.7 Å². The van der Waals surface area contributed by atoms with Crippen LogP contribution in [0.25, 0.3) is 0 Å². The number of aliphatic hydroxyl groups is 1. The Morgan fingerprint density at radius 2 is 2.17 bits per heavy atom. The zero-order valence-corrected chi connectivity index (χ0v) is 13.9. The van der Waals surface area contributed by atoms with E-state index >= 15 is 0 Å². The van der Waals surface area contributed by atoms with Crippen molar-refractivity contribution < 1.29 is 14.6 Å². The van der Waals surface area contributed by atoms with Crippen molar-refractivity contribution >= 4 is 17.5 Å². The quantitative estimate of drug-likeness (QED) is 0.840. The number of aliphatic hydroxyl groups excluding tert-OH is 1. The minimum absolute atomic E-state index is 0.0120. The van der Waals surface area contributed by atoms with Crippen molar-refractivity contribution in [1.82, 2.24) is 5.32 Å². The van der Waals surface area contributed by atoms with Crippen LogP contribution in [0.2, 0.25) is 5.02 Å². The summed E-state index contributed by atoms with van der Waals surface area (Å²) in [5, 5.41) is 21.3. The lowest BCUT2D eigenvalue weighted by Crippen LogP contribution is -2.33. The molecule has 24 heavy (non-hydrogen) atoms. The van der Waals surface area contributed by atoms with Crippen molar-refractivity contribution in [3.63, 3.8) is 0 Å². The van der Waals surface area contributed by atoms with Gasteiger partial charge in [0.1, 0.15) is 17.6 Å². The van der Waals surface area contributed by atoms with Crippen LogP contribution < -0.4 is 10.1 Å². The molecule has 0 aliphatic carbocycles. The van der Waals surface area contributed by atoms with E-state index in [4.69, 9.17) is 26.7 Å². The number of carbonyl (C=O) groups is 1. The Morgan fingerprint density at radius 3 is 2.88 bits per heavy atom. The molecule has 2 aromatic rings. The second kappa shape index (κ2) is 8.34. The van der Waals surface area contributed by atoms with Crippen molar-refractivity contribution in [2.45, 2.75) is 19.4 Å². The molecule has 1 atom stereocenters. The third-order valence-electron chi connectivity index (χ3n) is 3.33. The van der Waals surface area contributed by atoms with Gasteiger partial charge in [0.25, 0.3) is 5.91 Å². The number of benzene rings is 2. The van der Waals surface area contributed by atoms with Crippen LogP contribution in [0.5, 0.6) is 11.5 Å². The van der Waals surface area contributed by atoms with E-state index in [1.54, 1.807) is 36.4 Å². The smallest absolute Gasteiger partial charge is 0.251 e. The summed E-state index contributed by atoms with van der Waals surface area (Å²) in [4.78, 5) is 12.2. The van der Waals surface area contributed by atoms with Crippen molar-refractivity contribution in [1.29, 1.82) is 5.26 Å². The van der Waals surface area contributed by atoms with Crippen LogP contribution in [0.3, 0.4) is 0 Å². The number of amides is 1. The fourth-order valence-corrected chi connectivity index (χ4v) is 2.25. The number of hydrogen-bond acceptors (Lipinski definition) is 4. The number of nitrogens with one attached hydrogen (secondary N) is 1. The zero-order valence-electron chi connectivity index (χ0n) is 13.1. The SMILES string of the molecule is CC(CCO)NC(=O)c1cccc(Oc2ccc(Cl)cc2C#N)c1. The molecule has 0 aliphatic rings. The van der Waals surface area contributed by atoms with E-state index in [0.717, 1.165) is 0 Å². The van der Waals surface area contributed by atoms with Crippen molar-refractivity contribution in [2.75, 3.05) is 6.61 Å². The van der Waals surface area contributed by atoms with Crippen LogP contribution in [-0.2, 0) is 0 Å². The second-order valence-corrected chi connectivity index (χ2v) is 5.71. The summed E-state index contributed by atoms with van der Waals surface area (Å²) in [7, 11) is 0. The minimum Gasteiger partial charge on any atom is -0.456 e. The molecule has 2 N–H and O–H groups in total. The molecular weight excluding hydrogens is 328 g/mol. The van der Waals surface area contributed by atoms with Gasteiger partial charge in [-0.15, -0.1) is 0 Å². The predicted octanol–water partition coefficient (Wildman–Crippen LogP) is 3.50. The maximum atomic E-state index is 12.2. The molecular formula is C18H17ClN2O3. The maximum Gasteiger partial charge on any atom is 0.251 e. The second-order valence-electron chi connectivity index (χ2n) is 5.27. The summed E-state index contributed by atoms with van der Waals surface area (Å²) in [6, 6.07) is 13.3. The van der Waals surface area contributed by atoms with Gasteiger partial charge in [0.05, 0.1) is 5.56 Å². The minimum atomic E-state index is -0.252. The Balaban J connectivity index is 2.16. The zero-order chi connectivity index (χ0) is 17.5. The molecule has 0 spiro atoms. The predicted molar refractivity (Wildman–Crippen MR) is 91.3 cm³/mol. The van der Waals surface area contributed by atoms with Gasteiger partial charge in [-0.2, -0.15) is 5.26 Å². The Labute approximate surface area is 145 Å². The highest BCUT2D eigenvalue weighted by Crippen LogP contribution is 2.27. The average molecular weight is 345 g/mol. The molecule has 0 bridgehead atoms. The lowest BCUT2D eigenvalue weighted by molar-refractivity contribution is 0.0934. The van der Waals surface area contributed by atoms with Crippen LogP contribution in [0, 0.1) is 11.3 Å². The van der Waals surface area contributed by atoms with E-state index in [0.29, 0.717) is 34.1 Å². The van der Waals surface area contributed by atoms with Gasteiger partial charge >= 0.3 is 0 Å². The van der Waals surface area contributed by atoms with Gasteiger partial charge in [-0.1, -0.05) is 17.7 Å². The summed E-state index contributed by atoms with van der Waals surface area (Å²) in [6.07, 6.45) is 0.484. The van der Waals surface area contributed by atoms with E-state index in [9.17, 15) is 4.79 Å². The molecule has 5 nitrogen and oxygen atoms in total. The summed E-state index contributed by atoms with van der Waals surface area (Å²) in [5.74, 6) is 0.558. The first-order chi connectivity index (χ1) is 11.5. The molecule has 0 heterocycles. The van der Waals surface area contributed by atoms with Gasteiger partial charge < -0.3 is 15.2 Å². The summed E-state index contributed by atoms with van der Waals surface area (Å²) >= 11 is 5.86. The third kappa shape index (κ3) is 4.72. The molecule has 6 heteroatoms. The van der Waals surface area contributed by atoms with Gasteiger partial charge in [-0.3, -0.25) is 4.79 Å². The maximum absolute atomic E-state index is 12.2. The van der Waals surface area contributed by atoms with Gasteiger partial charge in [0, 0.05) is 23.2 Å². The third-order valence-corrected chi connectivity index (χ3v) is 3.56. The Morgan fingerprint density at radius 1 is 1.38 bits per heavy atom. The number of hydrogen-bond donors (Lipinski definition) is 2. The molecule has 124 valence electrons. The van der Waals surface area contributed by atoms with Gasteiger partial charge in [-0.25, -0.2) is 0 Å². The van der Waals surface area contributed by atoms with Crippen LogP contribution in [0.4, 0.5) is 0 Å². The molecule has 0 radical (unpaired) electrons. The lowest BCUT2D eigenvalue weighted by Gasteiger charge is -2.13. The van der Waals surface area contributed by atoms with E-state index in [1.165, 1.54) is 6.07 Å². The number of carbonyl (C=O) groups excluding carboxylic acids is 1. The first-order valence-corrected chi connectivity index (χ1v) is 7.80. The normalized spacial score (nSPS) is 11.4. The van der Waals surface area contributed by atoms with Crippen LogP contribution in [0.1, 0.15) is 29.3 Å². The molecule has 0 aliphatic heterocycles. The van der Waals surface area contributed by atoms with E-state index in [-0.39, 0.29) is 18.6 Å². The first-order valence-electron chi connectivity index (χ1n) is 7.42. The fourth-order valence-electron chi connectivity index (χ4n) is 2.08. The largest absolute Gasteiger partial charge is 0.456 e. The van der Waals surface area contributed by atoms with Gasteiger partial charge in [0.15, 0.2) is 0 Å². The molecule has 1 amide bonds. The van der Waals surface area contributed by atoms with Crippen molar-refractivity contribution in [2.24, 2.45) is 0 Å². The van der Waals surface area contributed by atoms with Crippen LogP contribution in [-0.4, -0.2) is 23.7 Å². The summed E-state index contributed by atoms with van der Waals surface area (Å²) in [5.41, 5.74) is 0.749. The molecule has 0 aromatic heterocycles. The summed E-state index contributed by atoms with van der Waals surface area (Å²) < 4.78 is 5.70. The standard InChI is InChI=1S/C18H17ClN2O3/c1-12(7-8-22)21-18(23)13-3-2-4-16(10-13)24-17-6-5-15(19)9-14(17)11-20/h2-6,9-10,12,22H,7-8H2,1H3,(H,21,23). The average Bonchev–Trinajstić information content (AvgIpc) is 2.57. The monoisotopic (exact) mass is 344 g/mol. The number of halogens is 1. The van der Waals surface area contributed by atoms with E-state index in [2.05, 4.69) is 5.32 Å². The Bertz CT molecular complexity index is 771. The highest BCUT2D eigenvalue weighted by molar-refractivity contribution is 6.30. The molecule has 0 fully saturated rings. The molecule has 2 aromatic carbocycles. The highest BCUT2D eigenvalue weighted by atomic mass is 35.5. The van der Waals surface area contributed by atoms with Crippen LogP contribution in [0.15, 0.2) is 42.5 Å². The topological polar surface area (TPSA) is 82.3 Å². The molecule has 0 saturated heterocycles. The number of ether oxygens (including phenoxy) is 1. The fraction of sp³-hybridized carbons (Fsp3) is 0.222. The van der Waals surface area contributed by atoms with Crippen molar-refractivity contribution in [3.05, 3.63) is 58.6 Å². The van der Waals surface area contributed by atoms with Crippen molar-refractivity contribution in [3.8, 4) is 17.6 Å². The Kier molecular flexibility index (Phi) is 6.19. The lowest BCUT2D eigenvalue weighted by atomic mass is 10.1. The van der Waals surface area contributed by atoms with Crippen LogP contribution >= 0.6 is 11.6 Å². The number of rotatable bonds is 6. The van der Waals surface area contributed by atoms with Gasteiger partial charge in [0.2, 0.25) is 0 Å². The van der Waals surface area contributed by atoms with E-state index in [1.807, 2.05) is 13.0 Å². The molecule has 0 saturated carbocycles. The highest BCUT2D eigenvalue weighted by Gasteiger charge is 2.11. The molecule has 2 rings (SSSR count). The Hall–Kier alpha value is -2.55. The van der Waals surface area contributed by atoms with E-state index < -0.39 is 0 Å². The number of nitriles is 1. The summed E-state index contributed by atoms with van der Waals surface area (Å²) in [6.45, 7) is 1.83. The molecule has 1 unspecified atom stereocenters. The number of nitrogens with zero attached hydrogens (tertiary/aromatic N) is 1. The first kappa shape index (κ1) is 17.8.